The van der Waals surface area contributed by atoms with E-state index in [9.17, 15) is 18.4 Å². The van der Waals surface area contributed by atoms with Gasteiger partial charge < -0.3 is 5.32 Å². The van der Waals surface area contributed by atoms with E-state index in [4.69, 9.17) is 0 Å². The van der Waals surface area contributed by atoms with E-state index in [-0.39, 0.29) is 28.7 Å². The van der Waals surface area contributed by atoms with Gasteiger partial charge in [-0.05, 0) is 49.6 Å². The molecule has 1 fully saturated rings. The van der Waals surface area contributed by atoms with Gasteiger partial charge in [0.2, 0.25) is 5.91 Å². The van der Waals surface area contributed by atoms with E-state index in [1.165, 1.54) is 31.2 Å². The van der Waals surface area contributed by atoms with Gasteiger partial charge in [-0.25, -0.2) is 8.78 Å². The number of Topliss-reactive ketones (excluding diaryl/α,β-unsaturated/α-hetero) is 1. The molecule has 2 aromatic carbocycles. The number of amides is 1. The number of hydrogen-bond donors (Lipinski definition) is 1. The van der Waals surface area contributed by atoms with Gasteiger partial charge in [0.05, 0.1) is 5.75 Å². The molecule has 148 valence electrons. The topological polar surface area (TPSA) is 46.2 Å². The molecule has 0 unspecified atom stereocenters. The van der Waals surface area contributed by atoms with Crippen molar-refractivity contribution < 1.29 is 18.4 Å². The van der Waals surface area contributed by atoms with Gasteiger partial charge >= 0.3 is 0 Å². The van der Waals surface area contributed by atoms with E-state index >= 15 is 0 Å². The largest absolute Gasteiger partial charge is 0.354 e. The molecule has 2 aromatic rings. The van der Waals surface area contributed by atoms with Crippen molar-refractivity contribution in [3.63, 3.8) is 0 Å². The number of carbonyl (C=O) groups is 2. The summed E-state index contributed by atoms with van der Waals surface area (Å²) in [6, 6.07) is 10.8. The van der Waals surface area contributed by atoms with Gasteiger partial charge in [-0.2, -0.15) is 0 Å². The predicted molar refractivity (Wildman–Crippen MR) is 107 cm³/mol. The third-order valence-corrected chi connectivity index (χ3v) is 6.39. The standard InChI is InChI=1S/C22H23F2NO2S/c1-15(26)16-4-9-20(19(24)12-16)28-13-21(27)25-14-22(10-2-3-11-22)17-5-7-18(23)8-6-17/h4-9,12H,2-3,10-11,13-14H2,1H3,(H,25,27). The van der Waals surface area contributed by atoms with Crippen molar-refractivity contribution in [3.05, 3.63) is 65.2 Å². The normalized spacial score (nSPS) is 15.4. The number of benzene rings is 2. The van der Waals surface area contributed by atoms with E-state index < -0.39 is 5.82 Å². The number of halogens is 2. The van der Waals surface area contributed by atoms with Crippen LogP contribution in [0, 0.1) is 11.6 Å². The summed E-state index contributed by atoms with van der Waals surface area (Å²) in [5.74, 6) is -1.04. The minimum atomic E-state index is -0.496. The Hall–Kier alpha value is -2.21. The third kappa shape index (κ3) is 4.79. The van der Waals surface area contributed by atoms with E-state index in [2.05, 4.69) is 5.32 Å². The second-order valence-corrected chi connectivity index (χ2v) is 8.28. The molecule has 0 aliphatic heterocycles. The molecule has 1 N–H and O–H groups in total. The van der Waals surface area contributed by atoms with Gasteiger partial charge in [-0.15, -0.1) is 11.8 Å². The Balaban J connectivity index is 1.58. The Bertz CT molecular complexity index is 861. The summed E-state index contributed by atoms with van der Waals surface area (Å²) in [7, 11) is 0. The molecule has 0 bridgehead atoms. The summed E-state index contributed by atoms with van der Waals surface area (Å²) >= 11 is 1.11. The minimum Gasteiger partial charge on any atom is -0.354 e. The highest BCUT2D eigenvalue weighted by Gasteiger charge is 2.35. The van der Waals surface area contributed by atoms with Crippen LogP contribution in [0.4, 0.5) is 8.78 Å². The summed E-state index contributed by atoms with van der Waals surface area (Å²) in [4.78, 5) is 24.0. The maximum Gasteiger partial charge on any atom is 0.230 e. The SMILES string of the molecule is CC(=O)c1ccc(SCC(=O)NCC2(c3ccc(F)cc3)CCCC2)c(F)c1. The molecule has 1 aliphatic carbocycles. The molecule has 0 saturated heterocycles. The molecule has 0 aromatic heterocycles. The molecule has 1 aliphatic rings. The summed E-state index contributed by atoms with van der Waals surface area (Å²) in [5.41, 5.74) is 1.20. The van der Waals surface area contributed by atoms with Crippen LogP contribution in [0.25, 0.3) is 0 Å². The lowest BCUT2D eigenvalue weighted by atomic mass is 9.79. The van der Waals surface area contributed by atoms with Gasteiger partial charge in [0, 0.05) is 22.4 Å². The first-order valence-corrected chi connectivity index (χ1v) is 10.3. The maximum absolute atomic E-state index is 14.1. The summed E-state index contributed by atoms with van der Waals surface area (Å²) < 4.78 is 27.3. The van der Waals surface area contributed by atoms with Crippen LogP contribution in [0.5, 0.6) is 0 Å². The van der Waals surface area contributed by atoms with Crippen molar-refractivity contribution in [1.29, 1.82) is 0 Å². The first-order valence-electron chi connectivity index (χ1n) is 9.36. The van der Waals surface area contributed by atoms with Gasteiger partial charge in [-0.1, -0.05) is 31.0 Å². The van der Waals surface area contributed by atoms with Crippen molar-refractivity contribution in [3.8, 4) is 0 Å². The highest BCUT2D eigenvalue weighted by molar-refractivity contribution is 8.00. The second-order valence-electron chi connectivity index (χ2n) is 7.26. The first kappa shape index (κ1) is 20.5. The molecule has 28 heavy (non-hydrogen) atoms. The van der Waals surface area contributed by atoms with Crippen LogP contribution >= 0.6 is 11.8 Å². The number of hydrogen-bond acceptors (Lipinski definition) is 3. The number of nitrogens with one attached hydrogen (secondary N) is 1. The molecule has 3 rings (SSSR count). The van der Waals surface area contributed by atoms with E-state index in [1.54, 1.807) is 18.2 Å². The van der Waals surface area contributed by atoms with Gasteiger partial charge in [0.15, 0.2) is 5.78 Å². The molecule has 1 amide bonds. The zero-order valence-electron chi connectivity index (χ0n) is 15.8. The van der Waals surface area contributed by atoms with Gasteiger partial charge in [0.1, 0.15) is 11.6 Å². The van der Waals surface area contributed by atoms with Gasteiger partial charge in [-0.3, -0.25) is 9.59 Å². The Morgan fingerprint density at radius 3 is 2.36 bits per heavy atom. The van der Waals surface area contributed by atoms with E-state index in [1.807, 2.05) is 0 Å². The summed E-state index contributed by atoms with van der Waals surface area (Å²) in [6.07, 6.45) is 4.06. The second kappa shape index (κ2) is 8.86. The van der Waals surface area contributed by atoms with Crippen LogP contribution < -0.4 is 5.32 Å². The number of thioether (sulfide) groups is 1. The zero-order chi connectivity index (χ0) is 20.1. The average molecular weight is 403 g/mol. The predicted octanol–water partition coefficient (Wildman–Crippen LogP) is 4.89. The molecular formula is C22H23F2NO2S. The summed E-state index contributed by atoms with van der Waals surface area (Å²) in [6.45, 7) is 1.87. The fraction of sp³-hybridized carbons (Fsp3) is 0.364. The molecule has 1 saturated carbocycles. The lowest BCUT2D eigenvalue weighted by Crippen LogP contribution is -2.39. The van der Waals surface area contributed by atoms with Crippen LogP contribution in [0.1, 0.15) is 48.5 Å². The number of rotatable bonds is 7. The molecule has 0 spiro atoms. The lowest BCUT2D eigenvalue weighted by Gasteiger charge is -2.30. The van der Waals surface area contributed by atoms with Crippen LogP contribution in [0.2, 0.25) is 0 Å². The van der Waals surface area contributed by atoms with Crippen molar-refractivity contribution in [1.82, 2.24) is 5.32 Å². The number of ketones is 1. The van der Waals surface area contributed by atoms with Crippen molar-refractivity contribution >= 4 is 23.5 Å². The fourth-order valence-electron chi connectivity index (χ4n) is 3.72. The monoisotopic (exact) mass is 403 g/mol. The third-order valence-electron chi connectivity index (χ3n) is 5.34. The molecule has 0 radical (unpaired) electrons. The zero-order valence-corrected chi connectivity index (χ0v) is 16.6. The van der Waals surface area contributed by atoms with Crippen molar-refractivity contribution in [2.45, 2.75) is 42.9 Å². The summed E-state index contributed by atoms with van der Waals surface area (Å²) in [5, 5.41) is 2.97. The minimum absolute atomic E-state index is 0.0931. The molecule has 3 nitrogen and oxygen atoms in total. The average Bonchev–Trinajstić information content (AvgIpc) is 3.16. The lowest BCUT2D eigenvalue weighted by molar-refractivity contribution is -0.118. The van der Waals surface area contributed by atoms with E-state index in [0.717, 1.165) is 43.0 Å². The van der Waals surface area contributed by atoms with Crippen LogP contribution in [0.3, 0.4) is 0 Å². The quantitative estimate of drug-likeness (QED) is 0.529. The smallest absolute Gasteiger partial charge is 0.230 e. The maximum atomic E-state index is 14.1. The molecule has 6 heteroatoms. The van der Waals surface area contributed by atoms with Crippen LogP contribution in [0.15, 0.2) is 47.4 Å². The fourth-order valence-corrected chi connectivity index (χ4v) is 4.47. The Kier molecular flexibility index (Phi) is 6.50. The van der Waals surface area contributed by atoms with Crippen molar-refractivity contribution in [2.75, 3.05) is 12.3 Å². The van der Waals surface area contributed by atoms with Crippen LogP contribution in [-0.2, 0) is 10.2 Å². The highest BCUT2D eigenvalue weighted by atomic mass is 32.2. The Morgan fingerprint density at radius 1 is 1.07 bits per heavy atom. The molecule has 0 atom stereocenters. The first-order chi connectivity index (χ1) is 13.4. The van der Waals surface area contributed by atoms with Crippen molar-refractivity contribution in [2.24, 2.45) is 0 Å². The number of carbonyl (C=O) groups excluding carboxylic acids is 2. The Morgan fingerprint density at radius 2 is 1.75 bits per heavy atom. The van der Waals surface area contributed by atoms with E-state index in [0.29, 0.717) is 17.0 Å². The molecule has 0 heterocycles. The van der Waals surface area contributed by atoms with Crippen LogP contribution in [-0.4, -0.2) is 24.0 Å². The van der Waals surface area contributed by atoms with Gasteiger partial charge in [0.25, 0.3) is 0 Å². The highest BCUT2D eigenvalue weighted by Crippen LogP contribution is 2.40. The Labute approximate surface area is 167 Å². The molecular weight excluding hydrogens is 380 g/mol.